The Morgan fingerprint density at radius 3 is 3.18 bits per heavy atom. The zero-order valence-corrected chi connectivity index (χ0v) is 7.18. The van der Waals surface area contributed by atoms with Crippen molar-refractivity contribution in [3.63, 3.8) is 0 Å². The molecule has 0 saturated heterocycles. The molecule has 1 nitrogen and oxygen atoms in total. The summed E-state index contributed by atoms with van der Waals surface area (Å²) in [4.78, 5) is 0. The van der Waals surface area contributed by atoms with Gasteiger partial charge in [0.1, 0.15) is 11.9 Å². The van der Waals surface area contributed by atoms with E-state index in [-0.39, 0.29) is 0 Å². The first-order chi connectivity index (χ1) is 5.33. The van der Waals surface area contributed by atoms with E-state index in [9.17, 15) is 0 Å². The minimum absolute atomic E-state index is 0.396. The van der Waals surface area contributed by atoms with Crippen molar-refractivity contribution in [1.29, 1.82) is 0 Å². The Hall–Kier alpha value is -0.720. The molecule has 0 radical (unpaired) electrons. The van der Waals surface area contributed by atoms with Crippen molar-refractivity contribution in [1.82, 2.24) is 0 Å². The topological polar surface area (TPSA) is 9.23 Å². The molecule has 0 fully saturated rings. The van der Waals surface area contributed by atoms with Gasteiger partial charge < -0.3 is 4.74 Å². The minimum Gasteiger partial charge on any atom is -0.491 e. The molecule has 0 saturated carbocycles. The van der Waals surface area contributed by atoms with Crippen LogP contribution in [-0.2, 0) is 4.74 Å². The molecule has 0 aromatic carbocycles. The highest BCUT2D eigenvalue weighted by molar-refractivity contribution is 5.11. The average Bonchev–Trinajstić information content (AvgIpc) is 2.01. The van der Waals surface area contributed by atoms with Gasteiger partial charge in [-0.05, 0) is 12.5 Å². The van der Waals surface area contributed by atoms with Crippen molar-refractivity contribution in [2.24, 2.45) is 0 Å². The SMILES string of the molecule is C=C1C=CCC(CCCC)O1. The third-order valence-electron chi connectivity index (χ3n) is 1.90. The molecule has 0 N–H and O–H groups in total. The van der Waals surface area contributed by atoms with Gasteiger partial charge in [-0.1, -0.05) is 32.4 Å². The Morgan fingerprint density at radius 2 is 2.55 bits per heavy atom. The predicted molar refractivity (Wildman–Crippen MR) is 47.3 cm³/mol. The molecule has 62 valence electrons. The first-order valence-electron chi connectivity index (χ1n) is 4.35. The molecular weight excluding hydrogens is 136 g/mol. The quantitative estimate of drug-likeness (QED) is 0.604. The Morgan fingerprint density at radius 1 is 1.73 bits per heavy atom. The first-order valence-corrected chi connectivity index (χ1v) is 4.35. The lowest BCUT2D eigenvalue weighted by Gasteiger charge is -2.20. The lowest BCUT2D eigenvalue weighted by Crippen LogP contribution is -2.13. The highest BCUT2D eigenvalue weighted by Gasteiger charge is 2.10. The van der Waals surface area contributed by atoms with Gasteiger partial charge in [-0.25, -0.2) is 0 Å². The Bertz CT molecular complexity index is 158. The lowest BCUT2D eigenvalue weighted by molar-refractivity contribution is 0.111. The summed E-state index contributed by atoms with van der Waals surface area (Å²) < 4.78 is 5.51. The van der Waals surface area contributed by atoms with E-state index in [1.54, 1.807) is 0 Å². The van der Waals surface area contributed by atoms with Crippen LogP contribution in [0.3, 0.4) is 0 Å². The van der Waals surface area contributed by atoms with Gasteiger partial charge in [-0.3, -0.25) is 0 Å². The summed E-state index contributed by atoms with van der Waals surface area (Å²) in [6.07, 6.45) is 9.21. The summed E-state index contributed by atoms with van der Waals surface area (Å²) in [5.74, 6) is 0.817. The fraction of sp³-hybridized carbons (Fsp3) is 0.600. The van der Waals surface area contributed by atoms with E-state index in [1.807, 2.05) is 6.08 Å². The van der Waals surface area contributed by atoms with Gasteiger partial charge in [-0.15, -0.1) is 0 Å². The molecule has 1 rings (SSSR count). The average molecular weight is 152 g/mol. The number of allylic oxidation sites excluding steroid dienone is 1. The zero-order valence-electron chi connectivity index (χ0n) is 7.18. The van der Waals surface area contributed by atoms with Crippen LogP contribution in [0.4, 0.5) is 0 Å². The van der Waals surface area contributed by atoms with E-state index in [2.05, 4.69) is 19.6 Å². The Balaban J connectivity index is 2.26. The van der Waals surface area contributed by atoms with E-state index in [4.69, 9.17) is 4.74 Å². The second-order valence-electron chi connectivity index (χ2n) is 2.99. The number of rotatable bonds is 3. The van der Waals surface area contributed by atoms with Crippen LogP contribution in [0.1, 0.15) is 32.6 Å². The van der Waals surface area contributed by atoms with E-state index in [0.717, 1.165) is 12.2 Å². The van der Waals surface area contributed by atoms with Crippen molar-refractivity contribution in [2.45, 2.75) is 38.7 Å². The van der Waals surface area contributed by atoms with Gasteiger partial charge in [0, 0.05) is 6.42 Å². The van der Waals surface area contributed by atoms with Crippen LogP contribution in [0.15, 0.2) is 24.5 Å². The zero-order chi connectivity index (χ0) is 8.10. The summed E-state index contributed by atoms with van der Waals surface area (Å²) in [5, 5.41) is 0. The van der Waals surface area contributed by atoms with Crippen molar-refractivity contribution in [3.05, 3.63) is 24.5 Å². The van der Waals surface area contributed by atoms with E-state index in [0.29, 0.717) is 6.10 Å². The molecule has 1 aliphatic rings. The molecule has 0 aliphatic carbocycles. The van der Waals surface area contributed by atoms with Crippen LogP contribution in [0, 0.1) is 0 Å². The largest absolute Gasteiger partial charge is 0.491 e. The van der Waals surface area contributed by atoms with Crippen LogP contribution in [0.5, 0.6) is 0 Å². The molecule has 0 spiro atoms. The minimum atomic E-state index is 0.396. The monoisotopic (exact) mass is 152 g/mol. The highest BCUT2D eigenvalue weighted by atomic mass is 16.5. The molecule has 0 aromatic heterocycles. The third kappa shape index (κ3) is 2.79. The summed E-state index contributed by atoms with van der Waals surface area (Å²) in [6.45, 7) is 5.97. The van der Waals surface area contributed by atoms with Gasteiger partial charge >= 0.3 is 0 Å². The second kappa shape index (κ2) is 4.22. The van der Waals surface area contributed by atoms with Gasteiger partial charge in [0.15, 0.2) is 0 Å². The molecule has 1 unspecified atom stereocenters. The fourth-order valence-corrected chi connectivity index (χ4v) is 1.26. The molecule has 1 heterocycles. The predicted octanol–water partition coefficient (Wildman–Crippen LogP) is 3.04. The molecule has 1 atom stereocenters. The maximum atomic E-state index is 5.51. The lowest BCUT2D eigenvalue weighted by atomic mass is 10.1. The normalized spacial score (nSPS) is 23.4. The van der Waals surface area contributed by atoms with Crippen molar-refractivity contribution >= 4 is 0 Å². The maximum Gasteiger partial charge on any atom is 0.112 e. The third-order valence-corrected chi connectivity index (χ3v) is 1.90. The number of unbranched alkanes of at least 4 members (excludes halogenated alkanes) is 1. The van der Waals surface area contributed by atoms with Crippen LogP contribution < -0.4 is 0 Å². The van der Waals surface area contributed by atoms with Crippen molar-refractivity contribution < 1.29 is 4.74 Å². The maximum absolute atomic E-state index is 5.51. The highest BCUT2D eigenvalue weighted by Crippen LogP contribution is 2.18. The summed E-state index contributed by atoms with van der Waals surface area (Å²) in [5.41, 5.74) is 0. The molecule has 11 heavy (non-hydrogen) atoms. The van der Waals surface area contributed by atoms with Crippen LogP contribution >= 0.6 is 0 Å². The Kier molecular flexibility index (Phi) is 3.21. The van der Waals surface area contributed by atoms with Gasteiger partial charge in [-0.2, -0.15) is 0 Å². The molecule has 1 aliphatic heterocycles. The van der Waals surface area contributed by atoms with E-state index >= 15 is 0 Å². The molecule has 0 amide bonds. The van der Waals surface area contributed by atoms with Gasteiger partial charge in [0.25, 0.3) is 0 Å². The summed E-state index contributed by atoms with van der Waals surface area (Å²) in [7, 11) is 0. The number of hydrogen-bond acceptors (Lipinski definition) is 1. The summed E-state index contributed by atoms with van der Waals surface area (Å²) in [6, 6.07) is 0. The first kappa shape index (κ1) is 8.38. The van der Waals surface area contributed by atoms with Crippen molar-refractivity contribution in [3.8, 4) is 0 Å². The van der Waals surface area contributed by atoms with Crippen molar-refractivity contribution in [2.75, 3.05) is 0 Å². The smallest absolute Gasteiger partial charge is 0.112 e. The van der Waals surface area contributed by atoms with Crippen LogP contribution in [0.25, 0.3) is 0 Å². The standard InChI is InChI=1S/C10H16O/c1-3-4-7-10-8-5-6-9(2)11-10/h5-6,10H,2-4,7-8H2,1H3. The fourth-order valence-electron chi connectivity index (χ4n) is 1.26. The van der Waals surface area contributed by atoms with Gasteiger partial charge in [0.2, 0.25) is 0 Å². The van der Waals surface area contributed by atoms with E-state index in [1.165, 1.54) is 19.3 Å². The molecule has 0 aromatic rings. The van der Waals surface area contributed by atoms with Gasteiger partial charge in [0.05, 0.1) is 0 Å². The van der Waals surface area contributed by atoms with E-state index < -0.39 is 0 Å². The number of hydrogen-bond donors (Lipinski definition) is 0. The Labute approximate surface area is 68.8 Å². The second-order valence-corrected chi connectivity index (χ2v) is 2.99. The molecular formula is C10H16O. The molecule has 1 heteroatoms. The van der Waals surface area contributed by atoms with Crippen LogP contribution in [-0.4, -0.2) is 6.10 Å². The number of ether oxygens (including phenoxy) is 1. The van der Waals surface area contributed by atoms with Crippen LogP contribution in [0.2, 0.25) is 0 Å². The molecule has 0 bridgehead atoms. The summed E-state index contributed by atoms with van der Waals surface area (Å²) >= 11 is 0.